The molecule has 8 heteroatoms. The minimum atomic E-state index is -4.39. The number of H-pyrrole nitrogens is 1. The van der Waals surface area contributed by atoms with Gasteiger partial charge >= 0.3 is 6.18 Å². The maximum absolute atomic E-state index is 12.9. The van der Waals surface area contributed by atoms with Crippen molar-refractivity contribution >= 4 is 33.7 Å². The summed E-state index contributed by atoms with van der Waals surface area (Å²) in [5.41, 5.74) is 1.12. The van der Waals surface area contributed by atoms with Gasteiger partial charge in [-0.1, -0.05) is 17.8 Å². The highest BCUT2D eigenvalue weighted by Crippen LogP contribution is 2.36. The number of alkyl halides is 3. The van der Waals surface area contributed by atoms with Crippen LogP contribution in [0.15, 0.2) is 58.5 Å². The number of nitrogens with zero attached hydrogens (tertiary/aromatic N) is 2. The molecule has 4 rings (SSSR count). The Kier molecular flexibility index (Phi) is 4.08. The number of pyridine rings is 1. The van der Waals surface area contributed by atoms with E-state index in [2.05, 4.69) is 15.0 Å². The molecule has 26 heavy (non-hydrogen) atoms. The third kappa shape index (κ3) is 3.13. The monoisotopic (exact) mass is 375 g/mol. The maximum atomic E-state index is 12.9. The summed E-state index contributed by atoms with van der Waals surface area (Å²) in [4.78, 5) is 13.0. The molecule has 0 spiro atoms. The number of hydrogen-bond donors (Lipinski definition) is 2. The second-order valence-corrected chi connectivity index (χ2v) is 6.78. The van der Waals surface area contributed by atoms with E-state index in [0.29, 0.717) is 16.7 Å². The molecule has 0 aliphatic rings. The number of hydrogen-bond acceptors (Lipinski definition) is 4. The molecule has 0 unspecified atom stereocenters. The Morgan fingerprint density at radius 2 is 1.88 bits per heavy atom. The third-order valence-electron chi connectivity index (χ3n) is 3.91. The average Bonchev–Trinajstić information content (AvgIpc) is 3.03. The number of benzene rings is 2. The van der Waals surface area contributed by atoms with Gasteiger partial charge in [-0.05, 0) is 36.4 Å². The molecule has 2 N–H and O–H groups in total. The molecule has 0 atom stereocenters. The average molecular weight is 375 g/mol. The molecule has 0 saturated carbocycles. The van der Waals surface area contributed by atoms with Crippen molar-refractivity contribution in [2.24, 2.45) is 0 Å². The van der Waals surface area contributed by atoms with E-state index in [-0.39, 0.29) is 6.61 Å². The number of imidazole rings is 1. The number of halogens is 3. The largest absolute Gasteiger partial charge is 0.416 e. The second kappa shape index (κ2) is 6.30. The van der Waals surface area contributed by atoms with Crippen molar-refractivity contribution in [3.8, 4) is 0 Å². The van der Waals surface area contributed by atoms with Gasteiger partial charge in [-0.15, -0.1) is 0 Å². The predicted molar refractivity (Wildman–Crippen MR) is 92.9 cm³/mol. The summed E-state index contributed by atoms with van der Waals surface area (Å²) >= 11 is 1.43. The lowest BCUT2D eigenvalue weighted by molar-refractivity contribution is -0.137. The van der Waals surface area contributed by atoms with Gasteiger partial charge in [0, 0.05) is 21.4 Å². The zero-order valence-corrected chi connectivity index (χ0v) is 14.0. The van der Waals surface area contributed by atoms with Crippen LogP contribution >= 0.6 is 11.8 Å². The molecular formula is C18H12F3N3OS. The topological polar surface area (TPSA) is 61.8 Å². The molecule has 4 aromatic rings. The Morgan fingerprint density at radius 1 is 1.04 bits per heavy atom. The molecule has 0 aliphatic heterocycles. The first-order valence-corrected chi connectivity index (χ1v) is 8.49. The first-order chi connectivity index (χ1) is 12.4. The fourth-order valence-electron chi connectivity index (χ4n) is 2.69. The van der Waals surface area contributed by atoms with E-state index >= 15 is 0 Å². The van der Waals surface area contributed by atoms with Gasteiger partial charge < -0.3 is 10.1 Å². The Morgan fingerprint density at radius 3 is 2.65 bits per heavy atom. The maximum Gasteiger partial charge on any atom is 0.416 e. The van der Waals surface area contributed by atoms with E-state index in [9.17, 15) is 13.2 Å². The molecule has 132 valence electrons. The number of fused-ring (bicyclic) bond motifs is 2. The minimum Gasteiger partial charge on any atom is -0.388 e. The van der Waals surface area contributed by atoms with Crippen LogP contribution in [-0.2, 0) is 12.8 Å². The highest BCUT2D eigenvalue weighted by molar-refractivity contribution is 7.99. The fourth-order valence-corrected chi connectivity index (χ4v) is 3.67. The third-order valence-corrected chi connectivity index (χ3v) is 4.98. The lowest BCUT2D eigenvalue weighted by Crippen LogP contribution is -2.04. The van der Waals surface area contributed by atoms with Gasteiger partial charge in [0.25, 0.3) is 0 Å². The van der Waals surface area contributed by atoms with Crippen molar-refractivity contribution in [1.82, 2.24) is 15.0 Å². The van der Waals surface area contributed by atoms with Crippen LogP contribution in [-0.4, -0.2) is 20.1 Å². The molecule has 2 aromatic carbocycles. The van der Waals surface area contributed by atoms with Crippen LogP contribution in [0.4, 0.5) is 13.2 Å². The van der Waals surface area contributed by atoms with Crippen molar-refractivity contribution in [1.29, 1.82) is 0 Å². The Hall–Kier alpha value is -2.58. The van der Waals surface area contributed by atoms with Crippen LogP contribution in [0.5, 0.6) is 0 Å². The summed E-state index contributed by atoms with van der Waals surface area (Å²) in [5, 5.41) is 9.81. The molecule has 2 aromatic heterocycles. The summed E-state index contributed by atoms with van der Waals surface area (Å²) in [7, 11) is 0. The van der Waals surface area contributed by atoms with Gasteiger partial charge in [-0.2, -0.15) is 13.2 Å². The fraction of sp³-hybridized carbons (Fsp3) is 0.111. The van der Waals surface area contributed by atoms with Crippen molar-refractivity contribution in [3.05, 3.63) is 60.0 Å². The van der Waals surface area contributed by atoms with Gasteiger partial charge in [0.15, 0.2) is 0 Å². The van der Waals surface area contributed by atoms with Crippen LogP contribution in [0.1, 0.15) is 11.4 Å². The summed E-state index contributed by atoms with van der Waals surface area (Å²) in [6, 6.07) is 11.0. The van der Waals surface area contributed by atoms with E-state index in [1.165, 1.54) is 24.0 Å². The SMILES string of the molecule is OCc1nc2ccc(Sc3ccnc4cc(C(F)(F)F)ccc34)cc2[nH]1. The van der Waals surface area contributed by atoms with Crippen LogP contribution < -0.4 is 0 Å². The highest BCUT2D eigenvalue weighted by Gasteiger charge is 2.30. The predicted octanol–water partition coefficient (Wildman–Crippen LogP) is 4.77. The molecule has 2 heterocycles. The summed E-state index contributed by atoms with van der Waals surface area (Å²) < 4.78 is 38.6. The number of aromatic amines is 1. The molecule has 0 aliphatic carbocycles. The smallest absolute Gasteiger partial charge is 0.388 e. The highest BCUT2D eigenvalue weighted by atomic mass is 32.2. The quantitative estimate of drug-likeness (QED) is 0.541. The van der Waals surface area contributed by atoms with E-state index in [0.717, 1.165) is 33.0 Å². The Bertz CT molecular complexity index is 1110. The molecule has 4 nitrogen and oxygen atoms in total. The minimum absolute atomic E-state index is 0.173. The number of rotatable bonds is 3. The van der Waals surface area contributed by atoms with E-state index in [4.69, 9.17) is 5.11 Å². The lowest BCUT2D eigenvalue weighted by atomic mass is 10.1. The number of aromatic nitrogens is 3. The van der Waals surface area contributed by atoms with Crippen LogP contribution in [0.25, 0.3) is 21.9 Å². The Labute approximate surface area is 150 Å². The van der Waals surface area contributed by atoms with Gasteiger partial charge in [0.2, 0.25) is 0 Å². The molecular weight excluding hydrogens is 363 g/mol. The normalized spacial score (nSPS) is 12.2. The van der Waals surface area contributed by atoms with Gasteiger partial charge in [-0.3, -0.25) is 4.98 Å². The first-order valence-electron chi connectivity index (χ1n) is 7.67. The van der Waals surface area contributed by atoms with Gasteiger partial charge in [0.1, 0.15) is 12.4 Å². The number of aliphatic hydroxyl groups is 1. The first kappa shape index (κ1) is 16.9. The summed E-state index contributed by atoms with van der Waals surface area (Å²) in [6.07, 6.45) is -2.89. The zero-order chi connectivity index (χ0) is 18.3. The molecule has 0 fully saturated rings. The summed E-state index contributed by atoms with van der Waals surface area (Å²) in [5.74, 6) is 0.483. The zero-order valence-electron chi connectivity index (χ0n) is 13.2. The second-order valence-electron chi connectivity index (χ2n) is 5.66. The molecule has 0 amide bonds. The van der Waals surface area contributed by atoms with Crippen molar-refractivity contribution in [3.63, 3.8) is 0 Å². The number of nitrogens with one attached hydrogen (secondary N) is 1. The van der Waals surface area contributed by atoms with E-state index < -0.39 is 11.7 Å². The van der Waals surface area contributed by atoms with Crippen LogP contribution in [0.3, 0.4) is 0 Å². The van der Waals surface area contributed by atoms with Crippen LogP contribution in [0, 0.1) is 0 Å². The van der Waals surface area contributed by atoms with Crippen molar-refractivity contribution in [2.75, 3.05) is 0 Å². The molecule has 0 radical (unpaired) electrons. The van der Waals surface area contributed by atoms with E-state index in [1.54, 1.807) is 6.07 Å². The van der Waals surface area contributed by atoms with Gasteiger partial charge in [0.05, 0.1) is 22.1 Å². The summed E-state index contributed by atoms with van der Waals surface area (Å²) in [6.45, 7) is -0.173. The Balaban J connectivity index is 1.72. The number of aliphatic hydroxyl groups excluding tert-OH is 1. The van der Waals surface area contributed by atoms with Crippen molar-refractivity contribution < 1.29 is 18.3 Å². The van der Waals surface area contributed by atoms with Gasteiger partial charge in [-0.25, -0.2) is 4.98 Å². The van der Waals surface area contributed by atoms with Crippen molar-refractivity contribution in [2.45, 2.75) is 22.6 Å². The molecule has 0 bridgehead atoms. The molecule has 0 saturated heterocycles. The standard InChI is InChI=1S/C18H12F3N3OS/c19-18(20,21)10-1-3-12-14(7-10)22-6-5-16(12)26-11-2-4-13-15(8-11)24-17(9-25)23-13/h1-8,25H,9H2,(H,23,24). The van der Waals surface area contributed by atoms with E-state index in [1.807, 2.05) is 18.2 Å². The van der Waals surface area contributed by atoms with Crippen LogP contribution in [0.2, 0.25) is 0 Å². The lowest BCUT2D eigenvalue weighted by Gasteiger charge is -2.10.